The minimum atomic E-state index is -3.80. The van der Waals surface area contributed by atoms with Crippen LogP contribution in [-0.2, 0) is 13.9 Å². The van der Waals surface area contributed by atoms with E-state index in [-0.39, 0.29) is 12.5 Å². The third kappa shape index (κ3) is 4.72. The van der Waals surface area contributed by atoms with Crippen LogP contribution in [0.4, 0.5) is 5.69 Å². The van der Waals surface area contributed by atoms with Crippen LogP contribution in [0.15, 0.2) is 36.4 Å². The highest BCUT2D eigenvalue weighted by Gasteiger charge is 2.38. The summed E-state index contributed by atoms with van der Waals surface area (Å²) in [6, 6.07) is 10.4. The molecule has 5 nitrogen and oxygen atoms in total. The number of thioether (sulfide) groups is 1. The van der Waals surface area contributed by atoms with Crippen molar-refractivity contribution in [2.45, 2.75) is 46.3 Å². The van der Waals surface area contributed by atoms with E-state index in [4.69, 9.17) is 4.52 Å². The summed E-state index contributed by atoms with van der Waals surface area (Å²) < 4.78 is 18.7. The lowest BCUT2D eigenvalue weighted by atomic mass is 9.97. The summed E-state index contributed by atoms with van der Waals surface area (Å²) in [5.74, 6) is -0.153. The van der Waals surface area contributed by atoms with Gasteiger partial charge in [0.05, 0.1) is 11.4 Å². The van der Waals surface area contributed by atoms with Gasteiger partial charge in [-0.15, -0.1) is 11.8 Å². The molecule has 1 atom stereocenters. The van der Waals surface area contributed by atoms with Crippen LogP contribution in [0.3, 0.4) is 0 Å². The van der Waals surface area contributed by atoms with Crippen molar-refractivity contribution in [3.8, 4) is 0 Å². The van der Waals surface area contributed by atoms with Crippen LogP contribution < -0.4 is 10.6 Å². The number of benzene rings is 2. The number of carbonyl (C=O) groups is 2. The van der Waals surface area contributed by atoms with Gasteiger partial charge < -0.3 is 9.84 Å². The van der Waals surface area contributed by atoms with Gasteiger partial charge in [-0.25, -0.2) is 0 Å². The summed E-state index contributed by atoms with van der Waals surface area (Å²) in [6.07, 6.45) is 1.88. The molecule has 0 aliphatic rings. The van der Waals surface area contributed by atoms with Gasteiger partial charge >= 0.3 is 7.37 Å². The van der Waals surface area contributed by atoms with E-state index in [9.17, 15) is 14.2 Å². The minimum absolute atomic E-state index is 0.146. The molecule has 1 unspecified atom stereocenters. The molecule has 162 valence electrons. The topological polar surface area (TPSA) is 72.5 Å². The molecule has 0 fully saturated rings. The Morgan fingerprint density at radius 1 is 1.10 bits per heavy atom. The second-order valence-corrected chi connectivity index (χ2v) is 11.4. The first-order chi connectivity index (χ1) is 14.0. The summed E-state index contributed by atoms with van der Waals surface area (Å²) in [5.41, 5.74) is 2.50. The van der Waals surface area contributed by atoms with Gasteiger partial charge in [0, 0.05) is 16.6 Å². The van der Waals surface area contributed by atoms with Gasteiger partial charge in [-0.1, -0.05) is 24.3 Å². The molecule has 1 N–H and O–H groups in total. The largest absolute Gasteiger partial charge is 0.324 e. The molecular formula is C23H30NO4PS. The average Bonchev–Trinajstić information content (AvgIpc) is 2.71. The normalized spacial score (nSPS) is 13.6. The van der Waals surface area contributed by atoms with Crippen molar-refractivity contribution >= 4 is 41.6 Å². The van der Waals surface area contributed by atoms with Crippen molar-refractivity contribution in [3.63, 3.8) is 0 Å². The first-order valence-electron chi connectivity index (χ1n) is 9.82. The molecule has 0 saturated heterocycles. The van der Waals surface area contributed by atoms with Gasteiger partial charge in [-0.05, 0) is 76.6 Å². The van der Waals surface area contributed by atoms with E-state index in [1.165, 1.54) is 11.8 Å². The molecule has 2 aromatic carbocycles. The first-order valence-corrected chi connectivity index (χ1v) is 12.7. The Morgan fingerprint density at radius 3 is 2.23 bits per heavy atom. The van der Waals surface area contributed by atoms with E-state index in [0.29, 0.717) is 27.7 Å². The van der Waals surface area contributed by atoms with Gasteiger partial charge in [0.25, 0.3) is 5.52 Å². The molecular weight excluding hydrogens is 417 g/mol. The van der Waals surface area contributed by atoms with Crippen LogP contribution in [-0.4, -0.2) is 29.0 Å². The van der Waals surface area contributed by atoms with E-state index < -0.39 is 17.6 Å². The lowest BCUT2D eigenvalue weighted by molar-refractivity contribution is -0.117. The highest BCUT2D eigenvalue weighted by Crippen LogP contribution is 2.50. The Bertz CT molecular complexity index is 1000. The third-order valence-corrected chi connectivity index (χ3v) is 8.72. The smallest absolute Gasteiger partial charge is 0.300 e. The molecule has 2 aromatic rings. The zero-order valence-corrected chi connectivity index (χ0v) is 20.4. The minimum Gasteiger partial charge on any atom is -0.324 e. The van der Waals surface area contributed by atoms with Crippen LogP contribution in [0.2, 0.25) is 0 Å². The maximum atomic E-state index is 13.8. The maximum absolute atomic E-state index is 13.8. The van der Waals surface area contributed by atoms with Gasteiger partial charge in [0.15, 0.2) is 0 Å². The zero-order valence-electron chi connectivity index (χ0n) is 18.7. The second-order valence-electron chi connectivity index (χ2n) is 7.66. The lowest BCUT2D eigenvalue weighted by Crippen LogP contribution is -2.34. The number of amides is 1. The predicted octanol–water partition coefficient (Wildman–Crippen LogP) is 5.47. The molecule has 0 saturated carbocycles. The second kappa shape index (κ2) is 9.51. The number of carbonyl (C=O) groups excluding carboxylic acids is 2. The van der Waals surface area contributed by atoms with Crippen LogP contribution >= 0.6 is 19.1 Å². The highest BCUT2D eigenvalue weighted by atomic mass is 32.2. The van der Waals surface area contributed by atoms with E-state index >= 15 is 0 Å². The Morgan fingerprint density at radius 2 is 1.70 bits per heavy atom. The zero-order chi connectivity index (χ0) is 22.7. The molecule has 0 aromatic heterocycles. The van der Waals surface area contributed by atoms with Crippen LogP contribution in [0.25, 0.3) is 0 Å². The molecule has 30 heavy (non-hydrogen) atoms. The van der Waals surface area contributed by atoms with E-state index in [1.54, 1.807) is 44.2 Å². The van der Waals surface area contributed by atoms with Crippen molar-refractivity contribution in [2.24, 2.45) is 0 Å². The van der Waals surface area contributed by atoms with Crippen LogP contribution in [0.5, 0.6) is 0 Å². The van der Waals surface area contributed by atoms with Crippen LogP contribution in [0.1, 0.15) is 47.8 Å². The Labute approximate surface area is 183 Å². The number of anilines is 1. The van der Waals surface area contributed by atoms with Gasteiger partial charge in [-0.3, -0.25) is 14.2 Å². The molecule has 0 heterocycles. The van der Waals surface area contributed by atoms with Gasteiger partial charge in [-0.2, -0.15) is 0 Å². The van der Waals surface area contributed by atoms with Crippen molar-refractivity contribution in [2.75, 3.05) is 18.2 Å². The van der Waals surface area contributed by atoms with E-state index in [0.717, 1.165) is 5.56 Å². The van der Waals surface area contributed by atoms with Gasteiger partial charge in [0.1, 0.15) is 0 Å². The van der Waals surface area contributed by atoms with E-state index in [2.05, 4.69) is 5.32 Å². The highest BCUT2D eigenvalue weighted by molar-refractivity contribution is 8.00. The third-order valence-electron chi connectivity index (χ3n) is 5.16. The molecule has 0 bridgehead atoms. The maximum Gasteiger partial charge on any atom is 0.300 e. The molecule has 7 heteroatoms. The van der Waals surface area contributed by atoms with Crippen molar-refractivity contribution in [1.29, 1.82) is 0 Å². The van der Waals surface area contributed by atoms with Crippen molar-refractivity contribution in [1.82, 2.24) is 0 Å². The Hall–Kier alpha value is -1.88. The molecule has 0 radical (unpaired) electrons. The standard InChI is InChI=1S/C23H30NO4PS/c1-8-28-29(27,18-12-10-9-11-13-18)21(25)19-15(2)14-16(3)20(17(19)4)24-22(26)23(5,6)30-7/h9-14H,8H2,1-7H3,(H,24,26). The monoisotopic (exact) mass is 447 g/mol. The van der Waals surface area contributed by atoms with Crippen molar-refractivity contribution in [3.05, 3.63) is 58.7 Å². The number of hydrogen-bond acceptors (Lipinski definition) is 5. The fourth-order valence-electron chi connectivity index (χ4n) is 3.27. The predicted molar refractivity (Wildman–Crippen MR) is 127 cm³/mol. The lowest BCUT2D eigenvalue weighted by Gasteiger charge is -2.25. The SMILES string of the molecule is CCOP(=O)(C(=O)c1c(C)cc(C)c(NC(=O)C(C)(C)SC)c1C)c1ccccc1. The van der Waals surface area contributed by atoms with Crippen molar-refractivity contribution < 1.29 is 18.7 Å². The first kappa shape index (κ1) is 24.4. The summed E-state index contributed by atoms with van der Waals surface area (Å²) in [7, 11) is -3.80. The van der Waals surface area contributed by atoms with E-state index in [1.807, 2.05) is 40.0 Å². The summed E-state index contributed by atoms with van der Waals surface area (Å²) in [5, 5.41) is 3.34. The molecule has 1 amide bonds. The fraction of sp³-hybridized carbons (Fsp3) is 0.391. The molecule has 0 aliphatic heterocycles. The average molecular weight is 448 g/mol. The number of nitrogens with one attached hydrogen (secondary N) is 1. The number of hydrogen-bond donors (Lipinski definition) is 1. The van der Waals surface area contributed by atoms with Crippen LogP contribution in [0, 0.1) is 20.8 Å². The number of aryl methyl sites for hydroxylation is 2. The Balaban J connectivity index is 2.62. The summed E-state index contributed by atoms with van der Waals surface area (Å²) in [6.45, 7) is 11.0. The summed E-state index contributed by atoms with van der Waals surface area (Å²) >= 11 is 1.44. The summed E-state index contributed by atoms with van der Waals surface area (Å²) in [4.78, 5) is 26.4. The van der Waals surface area contributed by atoms with Gasteiger partial charge in [0.2, 0.25) is 5.91 Å². The number of rotatable bonds is 8. The Kier molecular flexibility index (Phi) is 7.73. The molecule has 0 spiro atoms. The molecule has 2 rings (SSSR count). The fourth-order valence-corrected chi connectivity index (χ4v) is 5.57. The quantitative estimate of drug-likeness (QED) is 0.543. The molecule has 0 aliphatic carbocycles.